The van der Waals surface area contributed by atoms with E-state index in [4.69, 9.17) is 5.11 Å². The summed E-state index contributed by atoms with van der Waals surface area (Å²) >= 11 is 0. The lowest BCUT2D eigenvalue weighted by molar-refractivity contribution is -0.139. The average molecular weight is 285 g/mol. The third kappa shape index (κ3) is 5.46. The van der Waals surface area contributed by atoms with Crippen molar-refractivity contribution in [2.24, 2.45) is 0 Å². The summed E-state index contributed by atoms with van der Waals surface area (Å²) in [5.41, 5.74) is -0.652. The Morgan fingerprint density at radius 3 is 2.35 bits per heavy atom. The van der Waals surface area contributed by atoms with Crippen LogP contribution in [0.25, 0.3) is 0 Å². The summed E-state index contributed by atoms with van der Waals surface area (Å²) in [6.07, 6.45) is 4.43. The van der Waals surface area contributed by atoms with E-state index in [1.807, 2.05) is 0 Å². The minimum Gasteiger partial charge on any atom is -0.481 e. The highest BCUT2D eigenvalue weighted by atomic mass is 16.4. The highest BCUT2D eigenvalue weighted by Crippen LogP contribution is 2.31. The third-order valence-electron chi connectivity index (χ3n) is 3.60. The smallest absolute Gasteiger partial charge is 0.315 e. The second-order valence-corrected chi connectivity index (χ2v) is 5.22. The molecule has 0 aromatic rings. The molecule has 114 valence electrons. The van der Waals surface area contributed by atoms with Gasteiger partial charge in [0, 0.05) is 20.0 Å². The van der Waals surface area contributed by atoms with Gasteiger partial charge in [-0.2, -0.15) is 0 Å². The molecule has 0 unspecified atom stereocenters. The lowest BCUT2D eigenvalue weighted by Crippen LogP contribution is -2.54. The maximum Gasteiger partial charge on any atom is 0.315 e. The number of carboxylic acids is 1. The molecule has 0 bridgehead atoms. The van der Waals surface area contributed by atoms with Gasteiger partial charge in [0.25, 0.3) is 0 Å². The molecule has 0 spiro atoms. The molecule has 0 saturated heterocycles. The van der Waals surface area contributed by atoms with Gasteiger partial charge in [0.1, 0.15) is 0 Å². The Labute approximate surface area is 118 Å². The molecule has 0 aromatic heterocycles. The molecule has 1 saturated carbocycles. The van der Waals surface area contributed by atoms with Crippen LogP contribution in [0, 0.1) is 0 Å². The topological polar surface area (TPSA) is 108 Å². The van der Waals surface area contributed by atoms with Crippen molar-refractivity contribution in [2.75, 3.05) is 13.6 Å². The van der Waals surface area contributed by atoms with Crippen molar-refractivity contribution in [3.63, 3.8) is 0 Å². The molecule has 1 aliphatic rings. The van der Waals surface area contributed by atoms with Gasteiger partial charge in [0.15, 0.2) is 0 Å². The number of carbonyl (C=O) groups is 3. The van der Waals surface area contributed by atoms with Gasteiger partial charge >= 0.3 is 12.0 Å². The molecule has 1 fully saturated rings. The van der Waals surface area contributed by atoms with E-state index >= 15 is 0 Å². The molecular weight excluding hydrogens is 262 g/mol. The molecule has 3 amide bonds. The number of amides is 3. The second kappa shape index (κ2) is 7.72. The second-order valence-electron chi connectivity index (χ2n) is 5.22. The van der Waals surface area contributed by atoms with E-state index in [0.717, 1.165) is 19.3 Å². The van der Waals surface area contributed by atoms with Gasteiger partial charge in [-0.05, 0) is 12.8 Å². The lowest BCUT2D eigenvalue weighted by atomic mass is 9.79. The average Bonchev–Trinajstić information content (AvgIpc) is 2.38. The van der Waals surface area contributed by atoms with Gasteiger partial charge in [0.2, 0.25) is 5.91 Å². The van der Waals surface area contributed by atoms with Crippen LogP contribution in [0.15, 0.2) is 0 Å². The summed E-state index contributed by atoms with van der Waals surface area (Å²) in [7, 11) is 1.53. The van der Waals surface area contributed by atoms with Crippen LogP contribution in [0.4, 0.5) is 4.79 Å². The number of aliphatic carboxylic acids is 1. The highest BCUT2D eigenvalue weighted by molar-refractivity contribution is 5.79. The number of urea groups is 1. The summed E-state index contributed by atoms with van der Waals surface area (Å²) in [5, 5.41) is 16.8. The summed E-state index contributed by atoms with van der Waals surface area (Å²) < 4.78 is 0. The normalized spacial score (nSPS) is 17.1. The Morgan fingerprint density at radius 2 is 1.80 bits per heavy atom. The largest absolute Gasteiger partial charge is 0.481 e. The molecule has 0 aromatic carbocycles. The van der Waals surface area contributed by atoms with Gasteiger partial charge in [-0.25, -0.2) is 4.79 Å². The summed E-state index contributed by atoms with van der Waals surface area (Å²) in [5.74, 6) is -1.05. The number of rotatable bonds is 6. The Bertz CT molecular complexity index is 365. The van der Waals surface area contributed by atoms with Crippen LogP contribution in [-0.4, -0.2) is 42.1 Å². The number of hydrogen-bond donors (Lipinski definition) is 4. The number of nitrogens with one attached hydrogen (secondary N) is 3. The first-order valence-electron chi connectivity index (χ1n) is 6.96. The predicted octanol–water partition coefficient (Wildman–Crippen LogP) is 0.599. The van der Waals surface area contributed by atoms with Gasteiger partial charge in [0.05, 0.1) is 12.0 Å². The van der Waals surface area contributed by atoms with E-state index in [-0.39, 0.29) is 25.3 Å². The first-order chi connectivity index (χ1) is 9.47. The molecule has 1 rings (SSSR count). The maximum absolute atomic E-state index is 11.8. The van der Waals surface area contributed by atoms with Crippen LogP contribution in [-0.2, 0) is 9.59 Å². The van der Waals surface area contributed by atoms with Crippen LogP contribution in [0.2, 0.25) is 0 Å². The molecule has 0 radical (unpaired) electrons. The number of carboxylic acid groups (broad SMARTS) is 1. The van der Waals surface area contributed by atoms with E-state index in [1.54, 1.807) is 0 Å². The maximum atomic E-state index is 11.8. The fourth-order valence-corrected chi connectivity index (χ4v) is 2.56. The summed E-state index contributed by atoms with van der Waals surface area (Å²) in [6, 6.07) is -0.406. The van der Waals surface area contributed by atoms with E-state index < -0.39 is 17.5 Å². The quantitative estimate of drug-likeness (QED) is 0.573. The van der Waals surface area contributed by atoms with Crippen molar-refractivity contribution < 1.29 is 19.5 Å². The van der Waals surface area contributed by atoms with Crippen LogP contribution in [0.3, 0.4) is 0 Å². The highest BCUT2D eigenvalue weighted by Gasteiger charge is 2.35. The van der Waals surface area contributed by atoms with E-state index in [0.29, 0.717) is 12.8 Å². The molecule has 0 aliphatic heterocycles. The predicted molar refractivity (Wildman–Crippen MR) is 73.3 cm³/mol. The van der Waals surface area contributed by atoms with E-state index in [2.05, 4.69) is 16.0 Å². The van der Waals surface area contributed by atoms with Gasteiger partial charge in [-0.1, -0.05) is 19.3 Å². The molecule has 7 heteroatoms. The monoisotopic (exact) mass is 285 g/mol. The van der Waals surface area contributed by atoms with Gasteiger partial charge < -0.3 is 21.1 Å². The minimum atomic E-state index is -0.905. The Morgan fingerprint density at radius 1 is 1.15 bits per heavy atom. The van der Waals surface area contributed by atoms with Crippen LogP contribution >= 0.6 is 0 Å². The fraction of sp³-hybridized carbons (Fsp3) is 0.769. The summed E-state index contributed by atoms with van der Waals surface area (Å²) in [6.45, 7) is 0.231. The molecule has 4 N–H and O–H groups in total. The molecule has 0 atom stereocenters. The SMILES string of the molecule is CNC(=O)CCNC(=O)NC1(CC(=O)O)CCCCC1. The van der Waals surface area contributed by atoms with Crippen LogP contribution in [0.1, 0.15) is 44.9 Å². The Kier molecular flexibility index (Phi) is 6.27. The molecule has 1 aliphatic carbocycles. The number of hydrogen-bond acceptors (Lipinski definition) is 3. The molecule has 7 nitrogen and oxygen atoms in total. The third-order valence-corrected chi connectivity index (χ3v) is 3.60. The standard InChI is InChI=1S/C13H23N3O4/c1-14-10(17)5-8-15-12(20)16-13(9-11(18)19)6-3-2-4-7-13/h2-9H2,1H3,(H,14,17)(H,18,19)(H2,15,16,20). The lowest BCUT2D eigenvalue weighted by Gasteiger charge is -2.36. The number of carbonyl (C=O) groups excluding carboxylic acids is 2. The van der Waals surface area contributed by atoms with Crippen molar-refractivity contribution in [1.82, 2.24) is 16.0 Å². The molecule has 0 heterocycles. The van der Waals surface area contributed by atoms with Gasteiger partial charge in [-0.15, -0.1) is 0 Å². The van der Waals surface area contributed by atoms with Crippen molar-refractivity contribution in [1.29, 1.82) is 0 Å². The Balaban J connectivity index is 2.45. The first kappa shape index (κ1) is 16.3. The van der Waals surface area contributed by atoms with Crippen LogP contribution in [0.5, 0.6) is 0 Å². The zero-order chi connectivity index (χ0) is 15.0. The first-order valence-corrected chi connectivity index (χ1v) is 6.96. The molecule has 20 heavy (non-hydrogen) atoms. The minimum absolute atomic E-state index is 0.0597. The van der Waals surface area contributed by atoms with Crippen molar-refractivity contribution >= 4 is 17.9 Å². The van der Waals surface area contributed by atoms with Crippen LogP contribution < -0.4 is 16.0 Å². The zero-order valence-corrected chi connectivity index (χ0v) is 11.8. The van der Waals surface area contributed by atoms with Crippen molar-refractivity contribution in [3.05, 3.63) is 0 Å². The van der Waals surface area contributed by atoms with Crippen molar-refractivity contribution in [2.45, 2.75) is 50.5 Å². The zero-order valence-electron chi connectivity index (χ0n) is 11.8. The summed E-state index contributed by atoms with van der Waals surface area (Å²) in [4.78, 5) is 33.8. The van der Waals surface area contributed by atoms with Crippen molar-refractivity contribution in [3.8, 4) is 0 Å². The van der Waals surface area contributed by atoms with Gasteiger partial charge in [-0.3, -0.25) is 9.59 Å². The Hall–Kier alpha value is -1.79. The fourth-order valence-electron chi connectivity index (χ4n) is 2.56. The molecular formula is C13H23N3O4. The van der Waals surface area contributed by atoms with E-state index in [1.165, 1.54) is 7.05 Å². The van der Waals surface area contributed by atoms with E-state index in [9.17, 15) is 14.4 Å².